The highest BCUT2D eigenvalue weighted by molar-refractivity contribution is 5.69. The van der Waals surface area contributed by atoms with E-state index in [0.29, 0.717) is 24.9 Å². The lowest BCUT2D eigenvalue weighted by Crippen LogP contribution is -2.29. The number of carbonyl (C=O) groups is 1. The number of hydrogen-bond donors (Lipinski definition) is 0. The van der Waals surface area contributed by atoms with Crippen molar-refractivity contribution in [1.82, 2.24) is 0 Å². The lowest BCUT2D eigenvalue weighted by Gasteiger charge is -2.34. The van der Waals surface area contributed by atoms with Gasteiger partial charge in [-0.3, -0.25) is 4.79 Å². The Balaban J connectivity index is 1.56. The first-order valence-electron chi connectivity index (χ1n) is 6.46. The molecule has 1 aliphatic carbocycles. The van der Waals surface area contributed by atoms with Crippen LogP contribution >= 0.6 is 0 Å². The summed E-state index contributed by atoms with van der Waals surface area (Å²) in [6.07, 6.45) is 2.74. The van der Waals surface area contributed by atoms with E-state index in [0.717, 1.165) is 19.4 Å². The molecule has 1 aromatic carbocycles. The second kappa shape index (κ2) is 6.55. The van der Waals surface area contributed by atoms with Crippen molar-refractivity contribution in [3.8, 4) is 0 Å². The smallest absolute Gasteiger partial charge is 0.305 e. The van der Waals surface area contributed by atoms with E-state index in [1.54, 1.807) is 0 Å². The lowest BCUT2D eigenvalue weighted by atomic mass is 9.74. The van der Waals surface area contributed by atoms with Crippen LogP contribution < -0.4 is 0 Å². The molecule has 0 N–H and O–H groups in total. The molecule has 1 fully saturated rings. The van der Waals surface area contributed by atoms with Gasteiger partial charge in [-0.05, 0) is 30.2 Å². The molecule has 0 atom stereocenters. The largest absolute Gasteiger partial charge is 0.469 e. The van der Waals surface area contributed by atoms with Gasteiger partial charge in [-0.15, -0.1) is 0 Å². The van der Waals surface area contributed by atoms with Gasteiger partial charge in [0.1, 0.15) is 0 Å². The molecule has 0 aromatic heterocycles. The molecule has 0 spiro atoms. The summed E-state index contributed by atoms with van der Waals surface area (Å²) in [5.74, 6) is 1.02. The summed E-state index contributed by atoms with van der Waals surface area (Å²) in [7, 11) is 1.45. The van der Waals surface area contributed by atoms with E-state index in [-0.39, 0.29) is 5.97 Å². The zero-order valence-electron chi connectivity index (χ0n) is 10.8. The van der Waals surface area contributed by atoms with Crippen LogP contribution in [0.3, 0.4) is 0 Å². The Morgan fingerprint density at radius 3 is 2.61 bits per heavy atom. The van der Waals surface area contributed by atoms with Crippen LogP contribution in [0.15, 0.2) is 30.3 Å². The van der Waals surface area contributed by atoms with E-state index in [9.17, 15) is 4.79 Å². The third-order valence-electron chi connectivity index (χ3n) is 3.48. The van der Waals surface area contributed by atoms with Crippen LogP contribution in [0.4, 0.5) is 0 Å². The minimum Gasteiger partial charge on any atom is -0.469 e. The highest BCUT2D eigenvalue weighted by atomic mass is 16.5. The van der Waals surface area contributed by atoms with Gasteiger partial charge in [0.25, 0.3) is 0 Å². The monoisotopic (exact) mass is 248 g/mol. The van der Waals surface area contributed by atoms with Crippen molar-refractivity contribution in [2.24, 2.45) is 11.8 Å². The molecule has 1 aliphatic rings. The van der Waals surface area contributed by atoms with E-state index < -0.39 is 0 Å². The molecule has 0 bridgehead atoms. The predicted molar refractivity (Wildman–Crippen MR) is 68.9 cm³/mol. The molecule has 3 nitrogen and oxygen atoms in total. The Kier molecular flexibility index (Phi) is 4.76. The number of hydrogen-bond acceptors (Lipinski definition) is 3. The third kappa shape index (κ3) is 3.84. The van der Waals surface area contributed by atoms with E-state index >= 15 is 0 Å². The maximum atomic E-state index is 11.1. The minimum atomic E-state index is -0.0938. The zero-order valence-corrected chi connectivity index (χ0v) is 10.8. The number of methoxy groups -OCH3 is 1. The summed E-state index contributed by atoms with van der Waals surface area (Å²) < 4.78 is 10.3. The summed E-state index contributed by atoms with van der Waals surface area (Å²) in [5.41, 5.74) is 1.21. The molecule has 98 valence electrons. The second-order valence-electron chi connectivity index (χ2n) is 4.98. The number of benzene rings is 1. The molecule has 0 unspecified atom stereocenters. The zero-order chi connectivity index (χ0) is 12.8. The Hall–Kier alpha value is -1.35. The third-order valence-corrected chi connectivity index (χ3v) is 3.48. The predicted octanol–water partition coefficient (Wildman–Crippen LogP) is 2.79. The van der Waals surface area contributed by atoms with Crippen LogP contribution in [-0.2, 0) is 20.9 Å². The normalized spacial score (nSPS) is 22.3. The summed E-state index contributed by atoms with van der Waals surface area (Å²) in [4.78, 5) is 11.1. The topological polar surface area (TPSA) is 35.5 Å². The minimum absolute atomic E-state index is 0.0938. The fourth-order valence-electron chi connectivity index (χ4n) is 2.41. The quantitative estimate of drug-likeness (QED) is 0.726. The Morgan fingerprint density at radius 1 is 1.22 bits per heavy atom. The van der Waals surface area contributed by atoms with E-state index in [4.69, 9.17) is 4.74 Å². The fraction of sp³-hybridized carbons (Fsp3) is 0.533. The van der Waals surface area contributed by atoms with Gasteiger partial charge in [0, 0.05) is 13.0 Å². The molecule has 18 heavy (non-hydrogen) atoms. The van der Waals surface area contributed by atoms with Gasteiger partial charge in [0.05, 0.1) is 13.7 Å². The molecule has 0 heterocycles. The molecular weight excluding hydrogens is 228 g/mol. The first-order chi connectivity index (χ1) is 8.78. The van der Waals surface area contributed by atoms with E-state index in [1.807, 2.05) is 18.2 Å². The van der Waals surface area contributed by atoms with Crippen molar-refractivity contribution in [3.63, 3.8) is 0 Å². The van der Waals surface area contributed by atoms with Crippen LogP contribution in [0.25, 0.3) is 0 Å². The van der Waals surface area contributed by atoms with Crippen molar-refractivity contribution in [2.75, 3.05) is 13.7 Å². The van der Waals surface area contributed by atoms with E-state index in [2.05, 4.69) is 16.9 Å². The summed E-state index contributed by atoms with van der Waals surface area (Å²) in [6, 6.07) is 10.2. The van der Waals surface area contributed by atoms with Gasteiger partial charge in [0.2, 0.25) is 0 Å². The average Bonchev–Trinajstić information content (AvgIpc) is 2.36. The molecule has 2 rings (SSSR count). The number of rotatable bonds is 6. The van der Waals surface area contributed by atoms with Gasteiger partial charge in [-0.2, -0.15) is 0 Å². The Morgan fingerprint density at radius 2 is 1.94 bits per heavy atom. The molecule has 3 heteroatoms. The highest BCUT2D eigenvalue weighted by Crippen LogP contribution is 2.36. The van der Waals surface area contributed by atoms with Crippen LogP contribution in [0, 0.1) is 11.8 Å². The SMILES string of the molecule is COC(=O)C[C@H]1C[C@H](COCc2ccccc2)C1. The molecule has 0 saturated heterocycles. The Bertz CT molecular complexity index is 369. The molecule has 0 aliphatic heterocycles. The second-order valence-corrected chi connectivity index (χ2v) is 4.98. The molecule has 1 aromatic rings. The van der Waals surface area contributed by atoms with Gasteiger partial charge < -0.3 is 9.47 Å². The molecule has 0 amide bonds. The lowest BCUT2D eigenvalue weighted by molar-refractivity contribution is -0.143. The van der Waals surface area contributed by atoms with E-state index in [1.165, 1.54) is 12.7 Å². The number of carbonyl (C=O) groups excluding carboxylic acids is 1. The molecular formula is C15H20O3. The van der Waals surface area contributed by atoms with Crippen molar-refractivity contribution < 1.29 is 14.3 Å². The summed E-state index contributed by atoms with van der Waals surface area (Å²) in [5, 5.41) is 0. The maximum absolute atomic E-state index is 11.1. The standard InChI is InChI=1S/C15H20O3/c1-17-15(16)9-13-7-14(8-13)11-18-10-12-5-3-2-4-6-12/h2-6,13-14H,7-11H2,1H3/t13-,14-. The first kappa shape index (κ1) is 13.1. The first-order valence-corrected chi connectivity index (χ1v) is 6.46. The van der Waals surface area contributed by atoms with Crippen LogP contribution in [-0.4, -0.2) is 19.7 Å². The molecule has 1 saturated carbocycles. The maximum Gasteiger partial charge on any atom is 0.305 e. The van der Waals surface area contributed by atoms with Crippen molar-refractivity contribution in [2.45, 2.75) is 25.9 Å². The van der Waals surface area contributed by atoms with Crippen molar-refractivity contribution >= 4 is 5.97 Å². The highest BCUT2D eigenvalue weighted by Gasteiger charge is 2.30. The van der Waals surface area contributed by atoms with Gasteiger partial charge in [-0.1, -0.05) is 30.3 Å². The number of esters is 1. The Labute approximate surface area is 108 Å². The van der Waals surface area contributed by atoms with Gasteiger partial charge in [0.15, 0.2) is 0 Å². The number of ether oxygens (including phenoxy) is 2. The van der Waals surface area contributed by atoms with Gasteiger partial charge >= 0.3 is 5.97 Å². The fourth-order valence-corrected chi connectivity index (χ4v) is 2.41. The summed E-state index contributed by atoms with van der Waals surface area (Å²) in [6.45, 7) is 1.48. The van der Waals surface area contributed by atoms with Gasteiger partial charge in [-0.25, -0.2) is 0 Å². The van der Waals surface area contributed by atoms with Crippen LogP contribution in [0.1, 0.15) is 24.8 Å². The van der Waals surface area contributed by atoms with Crippen LogP contribution in [0.2, 0.25) is 0 Å². The summed E-state index contributed by atoms with van der Waals surface area (Å²) >= 11 is 0. The van der Waals surface area contributed by atoms with Crippen LogP contribution in [0.5, 0.6) is 0 Å². The molecule has 0 radical (unpaired) electrons. The van der Waals surface area contributed by atoms with Crippen molar-refractivity contribution in [3.05, 3.63) is 35.9 Å². The van der Waals surface area contributed by atoms with Crippen molar-refractivity contribution in [1.29, 1.82) is 0 Å². The average molecular weight is 248 g/mol.